The number of hydrogen-bond donors (Lipinski definition) is 0. The lowest BCUT2D eigenvalue weighted by Crippen LogP contribution is -2.36. The smallest absolute Gasteiger partial charge is 0.224 e. The number of nitro groups is 1. The van der Waals surface area contributed by atoms with Crippen LogP contribution in [0.15, 0.2) is 66.2 Å². The van der Waals surface area contributed by atoms with Crippen LogP contribution >= 0.6 is 22.6 Å². The van der Waals surface area contributed by atoms with Gasteiger partial charge in [-0.25, -0.2) is 0 Å². The fourth-order valence-corrected chi connectivity index (χ4v) is 4.04. The van der Waals surface area contributed by atoms with Crippen molar-refractivity contribution in [1.29, 1.82) is 0 Å². The highest BCUT2D eigenvalue weighted by molar-refractivity contribution is 14.1. The van der Waals surface area contributed by atoms with E-state index in [2.05, 4.69) is 82.1 Å². The second-order valence-corrected chi connectivity index (χ2v) is 7.51. The normalized spacial score (nSPS) is 17.0. The molecule has 0 aromatic heterocycles. The quantitative estimate of drug-likeness (QED) is 0.269. The molecule has 1 aliphatic rings. The highest BCUT2D eigenvalue weighted by atomic mass is 127. The molecule has 0 saturated carbocycles. The molecule has 0 bridgehead atoms. The van der Waals surface area contributed by atoms with Crippen LogP contribution in [0.25, 0.3) is 0 Å². The van der Waals surface area contributed by atoms with Crippen molar-refractivity contribution in [2.75, 3.05) is 11.4 Å². The summed E-state index contributed by atoms with van der Waals surface area (Å²) in [6.45, 7) is 0.832. The Morgan fingerprint density at radius 3 is 2.48 bits per heavy atom. The SMILES string of the molecule is O=[N+]([O-])CC1=CCC(N(Cc2ccccc2)c2ccccc2I)CC1. The molecule has 4 nitrogen and oxygen atoms in total. The molecule has 130 valence electrons. The minimum Gasteiger partial charge on any atom is -0.363 e. The van der Waals surface area contributed by atoms with Crippen LogP contribution in [0.4, 0.5) is 5.69 Å². The Kier molecular flexibility index (Phi) is 6.07. The summed E-state index contributed by atoms with van der Waals surface area (Å²) in [5.74, 6) is 0. The van der Waals surface area contributed by atoms with Gasteiger partial charge in [0, 0.05) is 21.1 Å². The fourth-order valence-electron chi connectivity index (χ4n) is 3.34. The molecular weight excluding hydrogens is 427 g/mol. The first-order chi connectivity index (χ1) is 12.1. The third-order valence-electron chi connectivity index (χ3n) is 4.61. The van der Waals surface area contributed by atoms with Crippen LogP contribution in [-0.2, 0) is 6.54 Å². The van der Waals surface area contributed by atoms with E-state index in [4.69, 9.17) is 0 Å². The molecule has 0 fully saturated rings. The van der Waals surface area contributed by atoms with E-state index in [1.54, 1.807) is 0 Å². The molecule has 0 aliphatic heterocycles. The van der Waals surface area contributed by atoms with Gasteiger partial charge in [-0.2, -0.15) is 0 Å². The van der Waals surface area contributed by atoms with Gasteiger partial charge in [-0.1, -0.05) is 48.5 Å². The van der Waals surface area contributed by atoms with Gasteiger partial charge < -0.3 is 4.90 Å². The van der Waals surface area contributed by atoms with E-state index in [9.17, 15) is 10.1 Å². The minimum absolute atomic E-state index is 0.0196. The lowest BCUT2D eigenvalue weighted by molar-refractivity contribution is -0.471. The van der Waals surface area contributed by atoms with Gasteiger partial charge in [0.2, 0.25) is 6.54 Å². The Labute approximate surface area is 161 Å². The zero-order chi connectivity index (χ0) is 17.6. The van der Waals surface area contributed by atoms with E-state index in [1.165, 1.54) is 14.8 Å². The third kappa shape index (κ3) is 4.81. The highest BCUT2D eigenvalue weighted by Gasteiger charge is 2.24. The van der Waals surface area contributed by atoms with E-state index in [-0.39, 0.29) is 11.5 Å². The summed E-state index contributed by atoms with van der Waals surface area (Å²) in [5.41, 5.74) is 3.48. The Hall–Kier alpha value is -1.89. The molecule has 0 saturated heterocycles. The van der Waals surface area contributed by atoms with Crippen LogP contribution < -0.4 is 4.90 Å². The average molecular weight is 448 g/mol. The summed E-state index contributed by atoms with van der Waals surface area (Å²) in [7, 11) is 0. The van der Waals surface area contributed by atoms with Crippen LogP contribution in [0.5, 0.6) is 0 Å². The van der Waals surface area contributed by atoms with E-state index in [0.29, 0.717) is 6.04 Å². The van der Waals surface area contributed by atoms with Crippen molar-refractivity contribution >= 4 is 28.3 Å². The van der Waals surface area contributed by atoms with Crippen LogP contribution in [0.2, 0.25) is 0 Å². The molecule has 5 heteroatoms. The molecule has 0 spiro atoms. The van der Waals surface area contributed by atoms with Crippen molar-refractivity contribution in [2.24, 2.45) is 0 Å². The van der Waals surface area contributed by atoms with Gasteiger partial charge in [-0.15, -0.1) is 0 Å². The summed E-state index contributed by atoms with van der Waals surface area (Å²) >= 11 is 2.39. The predicted molar refractivity (Wildman–Crippen MR) is 109 cm³/mol. The minimum atomic E-state index is -0.228. The lowest BCUT2D eigenvalue weighted by atomic mass is 9.93. The maximum absolute atomic E-state index is 10.7. The average Bonchev–Trinajstić information content (AvgIpc) is 2.62. The van der Waals surface area contributed by atoms with Gasteiger partial charge in [-0.05, 0) is 65.1 Å². The number of benzene rings is 2. The number of para-hydroxylation sites is 1. The number of halogens is 1. The first-order valence-electron chi connectivity index (χ1n) is 8.48. The van der Waals surface area contributed by atoms with Crippen LogP contribution in [-0.4, -0.2) is 17.5 Å². The molecule has 2 aromatic carbocycles. The van der Waals surface area contributed by atoms with Gasteiger partial charge in [0.25, 0.3) is 0 Å². The molecule has 0 amide bonds. The maximum Gasteiger partial charge on any atom is 0.224 e. The maximum atomic E-state index is 10.7. The van der Waals surface area contributed by atoms with Gasteiger partial charge in [-0.3, -0.25) is 10.1 Å². The number of anilines is 1. The summed E-state index contributed by atoms with van der Waals surface area (Å²) in [6.07, 6.45) is 4.70. The Bertz CT molecular complexity index is 761. The van der Waals surface area contributed by atoms with Gasteiger partial charge in [0.05, 0.1) is 5.69 Å². The number of nitrogens with zero attached hydrogens (tertiary/aromatic N) is 2. The van der Waals surface area contributed by atoms with E-state index in [0.717, 1.165) is 31.4 Å². The third-order valence-corrected chi connectivity index (χ3v) is 5.52. The van der Waals surface area contributed by atoms with Crippen LogP contribution in [0, 0.1) is 13.7 Å². The van der Waals surface area contributed by atoms with E-state index < -0.39 is 0 Å². The van der Waals surface area contributed by atoms with E-state index in [1.807, 2.05) is 6.07 Å². The standard InChI is InChI=1S/C20H21IN2O2/c21-19-8-4-5-9-20(19)22(14-16-6-2-1-3-7-16)18-12-10-17(11-13-18)15-23(24)25/h1-10,18H,11-15H2. The van der Waals surface area contributed by atoms with Gasteiger partial charge in [0.15, 0.2) is 0 Å². The number of rotatable bonds is 6. The zero-order valence-corrected chi connectivity index (χ0v) is 16.1. The Balaban J connectivity index is 1.83. The second-order valence-electron chi connectivity index (χ2n) is 6.35. The van der Waals surface area contributed by atoms with Crippen molar-refractivity contribution in [2.45, 2.75) is 31.8 Å². The monoisotopic (exact) mass is 448 g/mol. The van der Waals surface area contributed by atoms with Crippen molar-refractivity contribution in [3.63, 3.8) is 0 Å². The van der Waals surface area contributed by atoms with Crippen molar-refractivity contribution < 1.29 is 4.92 Å². The molecular formula is C20H21IN2O2. The van der Waals surface area contributed by atoms with Crippen molar-refractivity contribution in [1.82, 2.24) is 0 Å². The summed E-state index contributed by atoms with van der Waals surface area (Å²) in [5, 5.41) is 10.7. The van der Waals surface area contributed by atoms with Gasteiger partial charge in [0.1, 0.15) is 0 Å². The van der Waals surface area contributed by atoms with Crippen molar-refractivity contribution in [3.8, 4) is 0 Å². The van der Waals surface area contributed by atoms with Crippen molar-refractivity contribution in [3.05, 3.63) is 85.5 Å². The summed E-state index contributed by atoms with van der Waals surface area (Å²) in [4.78, 5) is 13.0. The number of hydrogen-bond acceptors (Lipinski definition) is 3. The molecule has 1 atom stereocenters. The lowest BCUT2D eigenvalue weighted by Gasteiger charge is -2.36. The molecule has 1 aliphatic carbocycles. The predicted octanol–water partition coefficient (Wildman–Crippen LogP) is 5.05. The van der Waals surface area contributed by atoms with Crippen LogP contribution in [0.3, 0.4) is 0 Å². The molecule has 1 unspecified atom stereocenters. The van der Waals surface area contributed by atoms with E-state index >= 15 is 0 Å². The first kappa shape index (κ1) is 17.9. The summed E-state index contributed by atoms with van der Waals surface area (Å²) in [6, 6.07) is 19.3. The highest BCUT2D eigenvalue weighted by Crippen LogP contribution is 2.31. The molecule has 0 radical (unpaired) electrons. The summed E-state index contributed by atoms with van der Waals surface area (Å²) < 4.78 is 1.23. The fraction of sp³-hybridized carbons (Fsp3) is 0.300. The Morgan fingerprint density at radius 2 is 1.84 bits per heavy atom. The Morgan fingerprint density at radius 1 is 1.12 bits per heavy atom. The molecule has 0 heterocycles. The first-order valence-corrected chi connectivity index (χ1v) is 9.56. The molecule has 25 heavy (non-hydrogen) atoms. The molecule has 0 N–H and O–H groups in total. The van der Waals surface area contributed by atoms with Crippen LogP contribution in [0.1, 0.15) is 24.8 Å². The molecule has 2 aromatic rings. The molecule has 3 rings (SSSR count). The second kappa shape index (κ2) is 8.47. The topological polar surface area (TPSA) is 46.4 Å². The zero-order valence-electron chi connectivity index (χ0n) is 14.0. The largest absolute Gasteiger partial charge is 0.363 e. The van der Waals surface area contributed by atoms with Gasteiger partial charge >= 0.3 is 0 Å².